The number of phenols is 1. The van der Waals surface area contributed by atoms with E-state index in [1.54, 1.807) is 43.3 Å². The Morgan fingerprint density at radius 1 is 1.15 bits per heavy atom. The average molecular weight is 272 g/mol. The van der Waals surface area contributed by atoms with Gasteiger partial charge in [-0.3, -0.25) is 14.9 Å². The van der Waals surface area contributed by atoms with Gasteiger partial charge in [-0.25, -0.2) is 0 Å². The summed E-state index contributed by atoms with van der Waals surface area (Å²) in [5, 5.41) is 11.5. The molecule has 1 aromatic rings. The fourth-order valence-electron chi connectivity index (χ4n) is 2.04. The molecule has 1 aliphatic rings. The Morgan fingerprint density at radius 3 is 2.40 bits per heavy atom. The highest BCUT2D eigenvalue weighted by atomic mass is 16.3. The summed E-state index contributed by atoms with van der Waals surface area (Å²) in [5.74, 6) is -0.484. The summed E-state index contributed by atoms with van der Waals surface area (Å²) in [6, 6.07) is 6.73. The molecule has 5 nitrogen and oxygen atoms in total. The molecule has 0 radical (unpaired) electrons. The van der Waals surface area contributed by atoms with Gasteiger partial charge >= 0.3 is 0 Å². The number of hydrogen-bond donors (Lipinski definition) is 2. The molecule has 20 heavy (non-hydrogen) atoms. The van der Waals surface area contributed by atoms with E-state index in [9.17, 15) is 14.7 Å². The number of imide groups is 1. The molecule has 104 valence electrons. The van der Waals surface area contributed by atoms with Crippen LogP contribution in [0.15, 0.2) is 41.6 Å². The van der Waals surface area contributed by atoms with E-state index in [2.05, 4.69) is 5.32 Å². The van der Waals surface area contributed by atoms with Gasteiger partial charge in [-0.2, -0.15) is 0 Å². The molecule has 0 saturated carbocycles. The molecule has 0 aliphatic carbocycles. The summed E-state index contributed by atoms with van der Waals surface area (Å²) in [7, 11) is 3.47. The quantitative estimate of drug-likeness (QED) is 0.810. The summed E-state index contributed by atoms with van der Waals surface area (Å²) in [6.07, 6.45) is 4.05. The normalized spacial score (nSPS) is 15.1. The van der Waals surface area contributed by atoms with Crippen molar-refractivity contribution < 1.29 is 14.7 Å². The maximum absolute atomic E-state index is 11.7. The second kappa shape index (κ2) is 5.61. The highest BCUT2D eigenvalue weighted by Gasteiger charge is 2.30. The fraction of sp³-hybridized carbons (Fsp3) is 0.200. The molecular formula is C15H16N2O3. The number of benzene rings is 1. The molecule has 5 heteroatoms. The van der Waals surface area contributed by atoms with Crippen LogP contribution < -0.4 is 5.32 Å². The van der Waals surface area contributed by atoms with Crippen molar-refractivity contribution in [2.75, 3.05) is 14.1 Å². The van der Waals surface area contributed by atoms with Crippen molar-refractivity contribution in [3.63, 3.8) is 0 Å². The first-order chi connectivity index (χ1) is 9.49. The Morgan fingerprint density at radius 2 is 1.80 bits per heavy atom. The monoisotopic (exact) mass is 272 g/mol. The first-order valence-electron chi connectivity index (χ1n) is 6.21. The predicted molar refractivity (Wildman–Crippen MR) is 75.6 cm³/mol. The van der Waals surface area contributed by atoms with Crippen LogP contribution in [0.2, 0.25) is 0 Å². The van der Waals surface area contributed by atoms with Gasteiger partial charge in [0.1, 0.15) is 11.4 Å². The lowest BCUT2D eigenvalue weighted by molar-refractivity contribution is -0.124. The van der Waals surface area contributed by atoms with Crippen LogP contribution in [0.3, 0.4) is 0 Å². The van der Waals surface area contributed by atoms with E-state index in [1.807, 2.05) is 12.2 Å². The Kier molecular flexibility index (Phi) is 3.89. The molecule has 0 saturated heterocycles. The molecule has 0 fully saturated rings. The van der Waals surface area contributed by atoms with Crippen LogP contribution in [0.25, 0.3) is 6.08 Å². The second-order valence-electron chi connectivity index (χ2n) is 4.70. The Balaban J connectivity index is 2.14. The standard InChI is InChI=1S/C15H16N2O3/c1-17(2)13-12(14(19)16-15(13)20)5-3-4-10-6-8-11(18)9-7-10/h3-4,6-9,18H,5H2,1-2H3,(H,16,19,20)/b4-3+. The van der Waals surface area contributed by atoms with Crippen molar-refractivity contribution in [3.05, 3.63) is 47.2 Å². The van der Waals surface area contributed by atoms with E-state index in [4.69, 9.17) is 0 Å². The lowest BCUT2D eigenvalue weighted by Crippen LogP contribution is -2.26. The van der Waals surface area contributed by atoms with Crippen molar-refractivity contribution in [1.82, 2.24) is 10.2 Å². The summed E-state index contributed by atoms with van der Waals surface area (Å²) < 4.78 is 0. The smallest absolute Gasteiger partial charge is 0.274 e. The summed E-state index contributed by atoms with van der Waals surface area (Å²) in [4.78, 5) is 25.0. The predicted octanol–water partition coefficient (Wildman–Crippen LogP) is 1.27. The number of hydrogen-bond acceptors (Lipinski definition) is 4. The molecule has 0 spiro atoms. The van der Waals surface area contributed by atoms with Gasteiger partial charge in [0.2, 0.25) is 0 Å². The fourth-order valence-corrected chi connectivity index (χ4v) is 2.04. The van der Waals surface area contributed by atoms with Crippen LogP contribution in [-0.2, 0) is 9.59 Å². The van der Waals surface area contributed by atoms with Crippen molar-refractivity contribution >= 4 is 17.9 Å². The first-order valence-corrected chi connectivity index (χ1v) is 6.21. The maximum Gasteiger partial charge on any atom is 0.274 e. The molecule has 1 aromatic carbocycles. The third kappa shape index (κ3) is 2.88. The molecule has 0 unspecified atom stereocenters. The van der Waals surface area contributed by atoms with Gasteiger partial charge in [-0.15, -0.1) is 0 Å². The van der Waals surface area contributed by atoms with Gasteiger partial charge in [-0.05, 0) is 24.1 Å². The highest BCUT2D eigenvalue weighted by Crippen LogP contribution is 2.19. The van der Waals surface area contributed by atoms with Gasteiger partial charge < -0.3 is 10.0 Å². The number of rotatable bonds is 4. The van der Waals surface area contributed by atoms with Crippen molar-refractivity contribution in [1.29, 1.82) is 0 Å². The zero-order valence-corrected chi connectivity index (χ0v) is 11.4. The summed E-state index contributed by atoms with van der Waals surface area (Å²) >= 11 is 0. The third-order valence-corrected chi connectivity index (χ3v) is 2.97. The van der Waals surface area contributed by atoms with Crippen molar-refractivity contribution in [3.8, 4) is 5.75 Å². The minimum Gasteiger partial charge on any atom is -0.508 e. The Hall–Kier alpha value is -2.56. The number of allylic oxidation sites excluding steroid dienone is 1. The van der Waals surface area contributed by atoms with E-state index < -0.39 is 0 Å². The zero-order chi connectivity index (χ0) is 14.7. The molecule has 2 rings (SSSR count). The minimum absolute atomic E-state index is 0.209. The van der Waals surface area contributed by atoms with E-state index in [1.165, 1.54) is 0 Å². The lowest BCUT2D eigenvalue weighted by atomic mass is 10.1. The van der Waals surface area contributed by atoms with Crippen LogP contribution in [0, 0.1) is 0 Å². The number of carbonyl (C=O) groups is 2. The summed E-state index contributed by atoms with van der Waals surface area (Å²) in [6.45, 7) is 0. The Labute approximate surface area is 117 Å². The average Bonchev–Trinajstić information content (AvgIpc) is 2.66. The number of nitrogens with one attached hydrogen (secondary N) is 1. The maximum atomic E-state index is 11.7. The van der Waals surface area contributed by atoms with Crippen LogP contribution in [0.4, 0.5) is 0 Å². The number of aromatic hydroxyl groups is 1. The molecular weight excluding hydrogens is 256 g/mol. The number of amides is 2. The number of phenolic OH excluding ortho intramolecular Hbond substituents is 1. The molecule has 0 atom stereocenters. The van der Waals surface area contributed by atoms with Crippen LogP contribution in [0.1, 0.15) is 12.0 Å². The number of nitrogens with zero attached hydrogens (tertiary/aromatic N) is 1. The van der Waals surface area contributed by atoms with Gasteiger partial charge in [-0.1, -0.05) is 24.3 Å². The zero-order valence-electron chi connectivity index (χ0n) is 11.4. The summed E-state index contributed by atoms with van der Waals surface area (Å²) in [5.41, 5.74) is 1.79. The molecule has 1 aliphatic heterocycles. The largest absolute Gasteiger partial charge is 0.508 e. The van der Waals surface area contributed by atoms with E-state index in [0.29, 0.717) is 17.7 Å². The van der Waals surface area contributed by atoms with E-state index >= 15 is 0 Å². The number of carbonyl (C=O) groups excluding carboxylic acids is 2. The van der Waals surface area contributed by atoms with Gasteiger partial charge in [0.05, 0.1) is 5.57 Å². The van der Waals surface area contributed by atoms with Crippen LogP contribution >= 0.6 is 0 Å². The topological polar surface area (TPSA) is 69.6 Å². The lowest BCUT2D eigenvalue weighted by Gasteiger charge is -2.12. The van der Waals surface area contributed by atoms with Crippen LogP contribution in [-0.4, -0.2) is 35.9 Å². The van der Waals surface area contributed by atoms with E-state index in [0.717, 1.165) is 5.56 Å². The van der Waals surface area contributed by atoms with Gasteiger partial charge in [0, 0.05) is 14.1 Å². The SMILES string of the molecule is CN(C)C1=C(C/C=C/c2ccc(O)cc2)C(=O)NC1=O. The molecule has 1 heterocycles. The molecule has 2 N–H and O–H groups in total. The molecule has 2 amide bonds. The minimum atomic E-state index is -0.354. The van der Waals surface area contributed by atoms with Crippen molar-refractivity contribution in [2.45, 2.75) is 6.42 Å². The second-order valence-corrected chi connectivity index (χ2v) is 4.70. The number of likely N-dealkylation sites (N-methyl/N-ethyl adjacent to an activating group) is 1. The van der Waals surface area contributed by atoms with Gasteiger partial charge in [0.15, 0.2) is 0 Å². The molecule has 0 bridgehead atoms. The molecule has 0 aromatic heterocycles. The van der Waals surface area contributed by atoms with Gasteiger partial charge in [0.25, 0.3) is 11.8 Å². The van der Waals surface area contributed by atoms with Crippen molar-refractivity contribution in [2.24, 2.45) is 0 Å². The third-order valence-electron chi connectivity index (χ3n) is 2.97. The van der Waals surface area contributed by atoms with E-state index in [-0.39, 0.29) is 17.6 Å². The highest BCUT2D eigenvalue weighted by molar-refractivity contribution is 6.19. The van der Waals surface area contributed by atoms with Crippen LogP contribution in [0.5, 0.6) is 5.75 Å². The first kappa shape index (κ1) is 13.9. The Bertz CT molecular complexity index is 598.